The van der Waals surface area contributed by atoms with Gasteiger partial charge in [0, 0.05) is 43.9 Å². The Kier molecular flexibility index (Phi) is 5.13. The topological polar surface area (TPSA) is 89.7 Å². The van der Waals surface area contributed by atoms with Crippen molar-refractivity contribution in [2.45, 2.75) is 6.54 Å². The van der Waals surface area contributed by atoms with Crippen molar-refractivity contribution >= 4 is 29.7 Å². The van der Waals surface area contributed by atoms with Crippen molar-refractivity contribution in [2.75, 3.05) is 21.2 Å². The molecule has 28 heavy (non-hydrogen) atoms. The first-order valence-corrected chi connectivity index (χ1v) is 8.72. The molecule has 2 N–H and O–H groups in total. The third-order valence-electron chi connectivity index (χ3n) is 4.77. The van der Waals surface area contributed by atoms with Crippen molar-refractivity contribution in [1.82, 2.24) is 9.38 Å². The van der Waals surface area contributed by atoms with Gasteiger partial charge in [-0.2, -0.15) is 4.79 Å². The van der Waals surface area contributed by atoms with Crippen LogP contribution < -0.4 is 10.2 Å². The molecule has 0 aliphatic carbocycles. The minimum atomic E-state index is -0.758. The molecule has 3 rings (SSSR count). The number of rotatable bonds is 3. The Bertz CT molecular complexity index is 980. The van der Waals surface area contributed by atoms with Crippen LogP contribution in [-0.4, -0.2) is 44.0 Å². The van der Waals surface area contributed by atoms with Crippen LogP contribution in [0.1, 0.15) is 27.0 Å². The average Bonchev–Trinajstić information content (AvgIpc) is 3.12. The number of fused-ring (bicyclic) bond motifs is 1. The Hall–Kier alpha value is -3.29. The van der Waals surface area contributed by atoms with Crippen LogP contribution in [0.4, 0.5) is 15.3 Å². The van der Waals surface area contributed by atoms with Gasteiger partial charge >= 0.3 is 12.1 Å². The molecule has 1 unspecified atom stereocenters. The molecule has 2 aromatic rings. The van der Waals surface area contributed by atoms with Crippen LogP contribution in [0.5, 0.6) is 0 Å². The number of amides is 3. The summed E-state index contributed by atoms with van der Waals surface area (Å²) in [5, 5.41) is 0. The quantitative estimate of drug-likeness (QED) is 0.653. The summed E-state index contributed by atoms with van der Waals surface area (Å²) >= 11 is 0. The van der Waals surface area contributed by atoms with E-state index in [-0.39, 0.29) is 5.78 Å². The molecule has 0 aromatic heterocycles. The fourth-order valence-corrected chi connectivity index (χ4v) is 3.31. The van der Waals surface area contributed by atoms with Crippen LogP contribution in [0.3, 0.4) is 0 Å². The van der Waals surface area contributed by atoms with Gasteiger partial charge in [0.05, 0.1) is 12.7 Å². The van der Waals surface area contributed by atoms with E-state index in [0.717, 1.165) is 5.56 Å². The third kappa shape index (κ3) is 2.90. The molecule has 1 aliphatic heterocycles. The zero-order valence-corrected chi connectivity index (χ0v) is 16.0. The second-order valence-corrected chi connectivity index (χ2v) is 6.65. The molecule has 7 heteroatoms. The molecule has 3 amide bonds. The van der Waals surface area contributed by atoms with Crippen LogP contribution >= 0.6 is 0 Å². The normalized spacial score (nSPS) is 17.1. The lowest BCUT2D eigenvalue weighted by atomic mass is 9.97. The predicted molar refractivity (Wildman–Crippen MR) is 107 cm³/mol. The van der Waals surface area contributed by atoms with E-state index in [1.165, 1.54) is 18.2 Å². The lowest BCUT2D eigenvalue weighted by Crippen LogP contribution is -2.57. The number of methoxy groups -OCH3 is 1. The first-order valence-electron chi connectivity index (χ1n) is 8.72. The molecule has 0 bridgehead atoms. The highest BCUT2D eigenvalue weighted by Gasteiger charge is 2.53. The Balaban J connectivity index is 2.13. The first-order chi connectivity index (χ1) is 13.4. The first kappa shape index (κ1) is 19.5. The van der Waals surface area contributed by atoms with E-state index >= 15 is 0 Å². The van der Waals surface area contributed by atoms with Crippen molar-refractivity contribution in [1.29, 1.82) is 0 Å². The smallest absolute Gasteiger partial charge is 0.422 e. The van der Waals surface area contributed by atoms with Crippen LogP contribution in [0.25, 0.3) is 6.08 Å². The van der Waals surface area contributed by atoms with Gasteiger partial charge in [-0.1, -0.05) is 34.8 Å². The standard InChI is InChI=1S/C21H22N3O4/c1-23(2)20(26)24(21(27)28-3)12-11-16-17(5-4-6-18(16)24)19(25)15-9-7-14(13-22)8-10-15/h4-12H,13,22H2,1-3H3/q+1. The van der Waals surface area contributed by atoms with Gasteiger partial charge in [0.1, 0.15) is 6.20 Å². The van der Waals surface area contributed by atoms with E-state index in [0.29, 0.717) is 28.9 Å². The summed E-state index contributed by atoms with van der Waals surface area (Å²) < 4.78 is 4.16. The van der Waals surface area contributed by atoms with Crippen molar-refractivity contribution in [3.05, 3.63) is 70.9 Å². The number of hydrogen-bond donors (Lipinski definition) is 1. The number of imide groups is 1. The maximum atomic E-state index is 13.1. The number of benzene rings is 2. The molecule has 0 saturated carbocycles. The molecule has 1 aliphatic rings. The Morgan fingerprint density at radius 1 is 1.07 bits per heavy atom. The number of carbonyl (C=O) groups is 3. The van der Waals surface area contributed by atoms with Gasteiger partial charge < -0.3 is 10.5 Å². The molecule has 7 nitrogen and oxygen atoms in total. The van der Waals surface area contributed by atoms with Crippen molar-refractivity contribution in [3.8, 4) is 0 Å². The summed E-state index contributed by atoms with van der Waals surface area (Å²) in [6.45, 7) is 0.393. The van der Waals surface area contributed by atoms with E-state index < -0.39 is 16.6 Å². The Labute approximate surface area is 163 Å². The molecule has 0 saturated heterocycles. The number of nitrogens with two attached hydrogens (primary N) is 1. The van der Waals surface area contributed by atoms with Crippen LogP contribution in [-0.2, 0) is 11.3 Å². The number of nitrogens with zero attached hydrogens (tertiary/aromatic N) is 2. The Morgan fingerprint density at radius 3 is 2.32 bits per heavy atom. The lowest BCUT2D eigenvalue weighted by molar-refractivity contribution is 0.103. The maximum absolute atomic E-state index is 13.1. The van der Waals surface area contributed by atoms with Gasteiger partial charge in [0.15, 0.2) is 11.5 Å². The highest BCUT2D eigenvalue weighted by Crippen LogP contribution is 2.40. The van der Waals surface area contributed by atoms with Gasteiger partial charge in [-0.15, -0.1) is 0 Å². The zero-order chi connectivity index (χ0) is 20.5. The second kappa shape index (κ2) is 7.38. The molecule has 1 atom stereocenters. The summed E-state index contributed by atoms with van der Waals surface area (Å²) in [7, 11) is 4.35. The van der Waals surface area contributed by atoms with E-state index in [2.05, 4.69) is 0 Å². The number of urea groups is 1. The summed E-state index contributed by atoms with van der Waals surface area (Å²) in [6, 6.07) is 11.5. The number of quaternary nitrogens is 1. The second-order valence-electron chi connectivity index (χ2n) is 6.65. The molecular formula is C21H22N3O4+. The lowest BCUT2D eigenvalue weighted by Gasteiger charge is -2.27. The van der Waals surface area contributed by atoms with Gasteiger partial charge in [0.25, 0.3) is 0 Å². The Morgan fingerprint density at radius 2 is 1.75 bits per heavy atom. The van der Waals surface area contributed by atoms with Crippen LogP contribution in [0.2, 0.25) is 0 Å². The molecule has 0 spiro atoms. The molecule has 0 fully saturated rings. The van der Waals surface area contributed by atoms with E-state index in [9.17, 15) is 14.4 Å². The van der Waals surface area contributed by atoms with Gasteiger partial charge in [-0.3, -0.25) is 9.69 Å². The van der Waals surface area contributed by atoms with Gasteiger partial charge in [-0.05, 0) is 11.6 Å². The SMILES string of the molecule is COC(=O)[N+]1(C(=O)N(C)C)C=Cc2c(C(=O)c3ccc(CN)cc3)cccc21. The summed E-state index contributed by atoms with van der Waals surface area (Å²) in [5.41, 5.74) is 8.35. The number of ketones is 1. The average molecular weight is 380 g/mol. The fourth-order valence-electron chi connectivity index (χ4n) is 3.31. The predicted octanol–water partition coefficient (Wildman–Crippen LogP) is 3.12. The molecule has 1 heterocycles. The van der Waals surface area contributed by atoms with Gasteiger partial charge in [0.2, 0.25) is 0 Å². The van der Waals surface area contributed by atoms with Crippen molar-refractivity contribution < 1.29 is 19.1 Å². The summed E-state index contributed by atoms with van der Waals surface area (Å²) in [4.78, 5) is 39.9. The monoisotopic (exact) mass is 380 g/mol. The molecule has 2 aromatic carbocycles. The molecular weight excluding hydrogens is 358 g/mol. The fraction of sp³-hybridized carbons (Fsp3) is 0.190. The van der Waals surface area contributed by atoms with Crippen molar-refractivity contribution in [2.24, 2.45) is 5.73 Å². The van der Waals surface area contributed by atoms with Crippen LogP contribution in [0, 0.1) is 0 Å². The number of ether oxygens (including phenoxy) is 1. The highest BCUT2D eigenvalue weighted by atomic mass is 16.5. The minimum absolute atomic E-state index is 0.202. The van der Waals surface area contributed by atoms with E-state index in [1.807, 2.05) is 0 Å². The zero-order valence-electron chi connectivity index (χ0n) is 16.0. The largest absolute Gasteiger partial charge is 0.535 e. The molecule has 144 valence electrons. The van der Waals surface area contributed by atoms with Crippen molar-refractivity contribution in [3.63, 3.8) is 0 Å². The minimum Gasteiger partial charge on any atom is -0.422 e. The number of carbonyl (C=O) groups excluding carboxylic acids is 3. The number of hydrogen-bond acceptors (Lipinski definition) is 5. The highest BCUT2D eigenvalue weighted by molar-refractivity contribution is 6.16. The van der Waals surface area contributed by atoms with Crippen LogP contribution in [0.15, 0.2) is 48.7 Å². The van der Waals surface area contributed by atoms with E-state index in [4.69, 9.17) is 10.5 Å². The summed E-state index contributed by atoms with van der Waals surface area (Å²) in [6.07, 6.45) is 2.33. The molecule has 0 radical (unpaired) electrons. The van der Waals surface area contributed by atoms with E-state index in [1.54, 1.807) is 62.6 Å². The third-order valence-corrected chi connectivity index (χ3v) is 4.77. The summed E-state index contributed by atoms with van der Waals surface area (Å²) in [5.74, 6) is -0.202. The van der Waals surface area contributed by atoms with Gasteiger partial charge in [-0.25, -0.2) is 4.79 Å². The maximum Gasteiger partial charge on any atom is 0.535 e.